The minimum Gasteiger partial charge on any atom is -0.366 e. The molecular formula is C19H15N5O. The van der Waals surface area contributed by atoms with Crippen molar-refractivity contribution >= 4 is 16.7 Å². The van der Waals surface area contributed by atoms with Gasteiger partial charge in [0.05, 0.1) is 17.6 Å². The van der Waals surface area contributed by atoms with Gasteiger partial charge in [0.1, 0.15) is 0 Å². The summed E-state index contributed by atoms with van der Waals surface area (Å²) in [7, 11) is 0. The topological polar surface area (TPSA) is 97.6 Å². The third-order valence-electron chi connectivity index (χ3n) is 4.18. The monoisotopic (exact) mass is 329 g/mol. The van der Waals surface area contributed by atoms with E-state index in [0.717, 1.165) is 27.6 Å². The van der Waals surface area contributed by atoms with E-state index in [-0.39, 0.29) is 0 Å². The first-order chi connectivity index (χ1) is 12.1. The molecule has 0 fully saturated rings. The SMILES string of the molecule is Cc1nc(-c2cc(C(N)=O)ccn2)c(-c2cn[nH]c2)c2ccccc12. The third kappa shape index (κ3) is 2.53. The molecule has 0 saturated heterocycles. The average Bonchev–Trinajstić information content (AvgIpc) is 3.16. The molecular weight excluding hydrogens is 314 g/mol. The zero-order valence-corrected chi connectivity index (χ0v) is 13.5. The van der Waals surface area contributed by atoms with Crippen molar-refractivity contribution in [2.75, 3.05) is 0 Å². The van der Waals surface area contributed by atoms with Gasteiger partial charge in [-0.2, -0.15) is 5.10 Å². The van der Waals surface area contributed by atoms with Crippen LogP contribution in [0.3, 0.4) is 0 Å². The van der Waals surface area contributed by atoms with Gasteiger partial charge in [0.2, 0.25) is 5.91 Å². The number of carbonyl (C=O) groups is 1. The van der Waals surface area contributed by atoms with Crippen molar-refractivity contribution < 1.29 is 4.79 Å². The smallest absolute Gasteiger partial charge is 0.248 e. The van der Waals surface area contributed by atoms with Crippen molar-refractivity contribution in [3.05, 3.63) is 66.2 Å². The van der Waals surface area contributed by atoms with Crippen LogP contribution in [-0.2, 0) is 0 Å². The molecule has 122 valence electrons. The molecule has 0 unspecified atom stereocenters. The number of hydrogen-bond donors (Lipinski definition) is 2. The maximum absolute atomic E-state index is 11.5. The minimum absolute atomic E-state index is 0.399. The number of nitrogens with two attached hydrogens (primary N) is 1. The molecule has 6 nitrogen and oxygen atoms in total. The Morgan fingerprint density at radius 2 is 1.96 bits per heavy atom. The number of aromatic nitrogens is 4. The van der Waals surface area contributed by atoms with Crippen LogP contribution in [-0.4, -0.2) is 26.1 Å². The molecule has 3 N–H and O–H groups in total. The zero-order chi connectivity index (χ0) is 17.4. The van der Waals surface area contributed by atoms with Gasteiger partial charge in [-0.25, -0.2) is 0 Å². The number of nitrogens with zero attached hydrogens (tertiary/aromatic N) is 3. The number of aromatic amines is 1. The van der Waals surface area contributed by atoms with Gasteiger partial charge >= 0.3 is 0 Å². The Labute approximate surface area is 143 Å². The van der Waals surface area contributed by atoms with E-state index in [9.17, 15) is 4.79 Å². The normalized spacial score (nSPS) is 10.9. The van der Waals surface area contributed by atoms with Gasteiger partial charge in [0.25, 0.3) is 0 Å². The molecule has 3 heterocycles. The second kappa shape index (κ2) is 5.83. The van der Waals surface area contributed by atoms with Crippen LogP contribution in [0.1, 0.15) is 16.1 Å². The highest BCUT2D eigenvalue weighted by molar-refractivity contribution is 6.03. The third-order valence-corrected chi connectivity index (χ3v) is 4.18. The fourth-order valence-electron chi connectivity index (χ4n) is 3.01. The van der Waals surface area contributed by atoms with Crippen molar-refractivity contribution in [3.8, 4) is 22.5 Å². The Bertz CT molecular complexity index is 1090. The first-order valence-corrected chi connectivity index (χ1v) is 7.80. The fourth-order valence-corrected chi connectivity index (χ4v) is 3.01. The number of pyridine rings is 2. The summed E-state index contributed by atoms with van der Waals surface area (Å²) in [5.74, 6) is -0.494. The molecule has 0 radical (unpaired) electrons. The molecule has 0 spiro atoms. The number of H-pyrrole nitrogens is 1. The second-order valence-corrected chi connectivity index (χ2v) is 5.75. The van der Waals surface area contributed by atoms with Crippen LogP contribution in [0.25, 0.3) is 33.3 Å². The number of amides is 1. The van der Waals surface area contributed by atoms with E-state index in [0.29, 0.717) is 17.0 Å². The maximum Gasteiger partial charge on any atom is 0.248 e. The molecule has 0 aliphatic heterocycles. The summed E-state index contributed by atoms with van der Waals surface area (Å²) < 4.78 is 0. The molecule has 0 bridgehead atoms. The van der Waals surface area contributed by atoms with Crippen molar-refractivity contribution in [2.45, 2.75) is 6.92 Å². The van der Waals surface area contributed by atoms with Gasteiger partial charge in [-0.3, -0.25) is 19.9 Å². The Morgan fingerprint density at radius 3 is 2.68 bits per heavy atom. The predicted octanol–water partition coefficient (Wildman–Crippen LogP) is 3.09. The molecule has 1 amide bonds. The van der Waals surface area contributed by atoms with Gasteiger partial charge in [-0.05, 0) is 24.4 Å². The van der Waals surface area contributed by atoms with E-state index < -0.39 is 5.91 Å². The first kappa shape index (κ1) is 15.0. The van der Waals surface area contributed by atoms with Crippen LogP contribution in [0.15, 0.2) is 55.0 Å². The number of primary amides is 1. The molecule has 6 heteroatoms. The Balaban J connectivity index is 2.09. The van der Waals surface area contributed by atoms with Crippen LogP contribution < -0.4 is 5.73 Å². The molecule has 0 saturated carbocycles. The maximum atomic E-state index is 11.5. The quantitative estimate of drug-likeness (QED) is 0.603. The zero-order valence-electron chi connectivity index (χ0n) is 13.5. The summed E-state index contributed by atoms with van der Waals surface area (Å²) in [6.07, 6.45) is 5.14. The van der Waals surface area contributed by atoms with Crippen LogP contribution in [0.2, 0.25) is 0 Å². The van der Waals surface area contributed by atoms with Crippen molar-refractivity contribution in [2.24, 2.45) is 5.73 Å². The van der Waals surface area contributed by atoms with Gasteiger partial charge in [0, 0.05) is 40.2 Å². The summed E-state index contributed by atoms with van der Waals surface area (Å²) >= 11 is 0. The number of carbonyl (C=O) groups excluding carboxylic acids is 1. The highest BCUT2D eigenvalue weighted by Gasteiger charge is 2.17. The standard InChI is InChI=1S/C19H15N5O/c1-11-14-4-2-3-5-15(14)17(13-9-22-23-10-13)18(24-11)16-8-12(19(20)25)6-7-21-16/h2-10H,1H3,(H2,20,25)(H,22,23). The number of aryl methyl sites for hydroxylation is 1. The largest absolute Gasteiger partial charge is 0.366 e. The molecule has 0 aliphatic carbocycles. The lowest BCUT2D eigenvalue weighted by Gasteiger charge is -2.13. The van der Waals surface area contributed by atoms with Crippen molar-refractivity contribution in [1.82, 2.24) is 20.2 Å². The number of nitrogens with one attached hydrogen (secondary N) is 1. The lowest BCUT2D eigenvalue weighted by Crippen LogP contribution is -2.11. The number of fused-ring (bicyclic) bond motifs is 1. The molecule has 4 rings (SSSR count). The average molecular weight is 329 g/mol. The van der Waals surface area contributed by atoms with Crippen LogP contribution in [0, 0.1) is 6.92 Å². The minimum atomic E-state index is -0.494. The number of rotatable bonds is 3. The van der Waals surface area contributed by atoms with E-state index in [1.54, 1.807) is 24.5 Å². The summed E-state index contributed by atoms with van der Waals surface area (Å²) in [6.45, 7) is 1.96. The number of benzene rings is 1. The predicted molar refractivity (Wildman–Crippen MR) is 95.8 cm³/mol. The van der Waals surface area contributed by atoms with E-state index in [4.69, 9.17) is 10.7 Å². The molecule has 0 aliphatic rings. The van der Waals surface area contributed by atoms with Crippen LogP contribution in [0.5, 0.6) is 0 Å². The van der Waals surface area contributed by atoms with Gasteiger partial charge in [-0.15, -0.1) is 0 Å². The Kier molecular flexibility index (Phi) is 3.50. The molecule has 25 heavy (non-hydrogen) atoms. The van der Waals surface area contributed by atoms with E-state index >= 15 is 0 Å². The van der Waals surface area contributed by atoms with Crippen molar-refractivity contribution in [3.63, 3.8) is 0 Å². The first-order valence-electron chi connectivity index (χ1n) is 7.80. The van der Waals surface area contributed by atoms with Gasteiger partial charge in [-0.1, -0.05) is 24.3 Å². The van der Waals surface area contributed by atoms with Crippen LogP contribution >= 0.6 is 0 Å². The lowest BCUT2D eigenvalue weighted by atomic mass is 9.96. The van der Waals surface area contributed by atoms with E-state index in [1.165, 1.54) is 0 Å². The Morgan fingerprint density at radius 1 is 1.16 bits per heavy atom. The Hall–Kier alpha value is -3.54. The fraction of sp³-hybridized carbons (Fsp3) is 0.0526. The summed E-state index contributed by atoms with van der Waals surface area (Å²) in [4.78, 5) is 20.7. The van der Waals surface area contributed by atoms with Gasteiger partial charge < -0.3 is 5.73 Å². The van der Waals surface area contributed by atoms with Gasteiger partial charge in [0.15, 0.2) is 0 Å². The summed E-state index contributed by atoms with van der Waals surface area (Å²) in [6, 6.07) is 11.3. The van der Waals surface area contributed by atoms with E-state index in [1.807, 2.05) is 37.4 Å². The second-order valence-electron chi connectivity index (χ2n) is 5.75. The molecule has 1 aromatic carbocycles. The van der Waals surface area contributed by atoms with Crippen LogP contribution in [0.4, 0.5) is 0 Å². The highest BCUT2D eigenvalue weighted by atomic mass is 16.1. The summed E-state index contributed by atoms with van der Waals surface area (Å²) in [5.41, 5.74) is 9.82. The highest BCUT2D eigenvalue weighted by Crippen LogP contribution is 2.36. The van der Waals surface area contributed by atoms with Crippen molar-refractivity contribution in [1.29, 1.82) is 0 Å². The lowest BCUT2D eigenvalue weighted by molar-refractivity contribution is 0.1000. The molecule has 0 atom stereocenters. The van der Waals surface area contributed by atoms with E-state index in [2.05, 4.69) is 15.2 Å². The molecule has 4 aromatic rings. The number of hydrogen-bond acceptors (Lipinski definition) is 4. The summed E-state index contributed by atoms with van der Waals surface area (Å²) in [5, 5.41) is 9.02. The molecule has 3 aromatic heterocycles.